The normalized spacial score (nSPS) is 12.2. The Bertz CT molecular complexity index is 648. The van der Waals surface area contributed by atoms with Crippen LogP contribution in [0.5, 0.6) is 11.5 Å². The highest BCUT2D eigenvalue weighted by Crippen LogP contribution is 2.16. The van der Waals surface area contributed by atoms with E-state index in [1.54, 1.807) is 38.5 Å². The number of aliphatic hydroxyl groups excluding tert-OH is 1. The molecule has 1 N–H and O–H groups in total. The first kappa shape index (κ1) is 21.5. The van der Waals surface area contributed by atoms with Crippen LogP contribution >= 0.6 is 11.6 Å². The van der Waals surface area contributed by atoms with Crippen LogP contribution in [0.25, 0.3) is 0 Å². The molecule has 0 aliphatic carbocycles. The quantitative estimate of drug-likeness (QED) is 0.558. The Balaban J connectivity index is 1.88. The molecule has 2 aromatic carbocycles. The van der Waals surface area contributed by atoms with Crippen LogP contribution in [0, 0.1) is 0 Å². The van der Waals surface area contributed by atoms with Crippen LogP contribution in [0.4, 0.5) is 0 Å². The fraction of sp³-hybridized carbons (Fsp3) is 0.429. The molecule has 0 spiro atoms. The molecule has 0 bridgehead atoms. The molecule has 148 valence electrons. The SMILES string of the molecule is COCCCN(Cc1ccc(OC)cc1)C[C@@H](O)COc1ccc(Cl)cc1. The summed E-state index contributed by atoms with van der Waals surface area (Å²) in [6.07, 6.45) is 0.304. The molecule has 0 heterocycles. The minimum absolute atomic E-state index is 0.227. The number of rotatable bonds is 12. The fourth-order valence-electron chi connectivity index (χ4n) is 2.73. The van der Waals surface area contributed by atoms with E-state index < -0.39 is 6.10 Å². The van der Waals surface area contributed by atoms with E-state index in [2.05, 4.69) is 4.90 Å². The summed E-state index contributed by atoms with van der Waals surface area (Å²) in [6.45, 7) is 3.01. The molecule has 5 nitrogen and oxygen atoms in total. The lowest BCUT2D eigenvalue weighted by molar-refractivity contribution is 0.0617. The molecule has 2 rings (SSSR count). The number of ether oxygens (including phenoxy) is 3. The zero-order chi connectivity index (χ0) is 19.5. The molecule has 0 aliphatic rings. The smallest absolute Gasteiger partial charge is 0.119 e. The van der Waals surface area contributed by atoms with Gasteiger partial charge in [-0.15, -0.1) is 0 Å². The van der Waals surface area contributed by atoms with Crippen molar-refractivity contribution >= 4 is 11.6 Å². The Kier molecular flexibility index (Phi) is 9.42. The lowest BCUT2D eigenvalue weighted by Gasteiger charge is -2.25. The van der Waals surface area contributed by atoms with E-state index in [9.17, 15) is 5.11 Å². The van der Waals surface area contributed by atoms with E-state index >= 15 is 0 Å². The highest BCUT2D eigenvalue weighted by atomic mass is 35.5. The summed E-state index contributed by atoms with van der Waals surface area (Å²) >= 11 is 5.87. The predicted octanol–water partition coefficient (Wildman–Crippen LogP) is 3.63. The van der Waals surface area contributed by atoms with Gasteiger partial charge >= 0.3 is 0 Å². The van der Waals surface area contributed by atoms with Crippen molar-refractivity contribution in [2.45, 2.75) is 19.1 Å². The zero-order valence-electron chi connectivity index (χ0n) is 15.9. The molecule has 6 heteroatoms. The highest BCUT2D eigenvalue weighted by molar-refractivity contribution is 6.30. The molecule has 0 unspecified atom stereocenters. The van der Waals surface area contributed by atoms with Crippen molar-refractivity contribution in [3.63, 3.8) is 0 Å². The Hall–Kier alpha value is -1.79. The molecule has 0 saturated carbocycles. The lowest BCUT2D eigenvalue weighted by atomic mass is 10.2. The molecule has 0 fully saturated rings. The van der Waals surface area contributed by atoms with Crippen LogP contribution in [0.2, 0.25) is 5.02 Å². The Morgan fingerprint density at radius 2 is 1.67 bits per heavy atom. The molecule has 2 aromatic rings. The van der Waals surface area contributed by atoms with Gasteiger partial charge in [-0.2, -0.15) is 0 Å². The summed E-state index contributed by atoms with van der Waals surface area (Å²) in [4.78, 5) is 2.21. The van der Waals surface area contributed by atoms with Gasteiger partial charge in [0.15, 0.2) is 0 Å². The number of hydrogen-bond donors (Lipinski definition) is 1. The first-order valence-corrected chi connectivity index (χ1v) is 9.39. The van der Waals surface area contributed by atoms with Gasteiger partial charge in [-0.3, -0.25) is 4.90 Å². The van der Waals surface area contributed by atoms with E-state index in [-0.39, 0.29) is 6.61 Å². The van der Waals surface area contributed by atoms with Crippen molar-refractivity contribution in [3.8, 4) is 11.5 Å². The van der Waals surface area contributed by atoms with Crippen molar-refractivity contribution in [2.24, 2.45) is 0 Å². The Morgan fingerprint density at radius 1 is 1.00 bits per heavy atom. The van der Waals surface area contributed by atoms with E-state index in [1.807, 2.05) is 24.3 Å². The van der Waals surface area contributed by atoms with Crippen LogP contribution in [-0.2, 0) is 11.3 Å². The third-order valence-corrected chi connectivity index (χ3v) is 4.36. The topological polar surface area (TPSA) is 51.2 Å². The maximum Gasteiger partial charge on any atom is 0.119 e. The van der Waals surface area contributed by atoms with Gasteiger partial charge in [-0.1, -0.05) is 23.7 Å². The van der Waals surface area contributed by atoms with Gasteiger partial charge in [0.25, 0.3) is 0 Å². The van der Waals surface area contributed by atoms with Crippen LogP contribution in [0.1, 0.15) is 12.0 Å². The number of benzene rings is 2. The van der Waals surface area contributed by atoms with Crippen LogP contribution < -0.4 is 9.47 Å². The molecule has 0 saturated heterocycles. The van der Waals surface area contributed by atoms with Crippen LogP contribution in [0.15, 0.2) is 48.5 Å². The van der Waals surface area contributed by atoms with Gasteiger partial charge in [0.2, 0.25) is 0 Å². The van der Waals surface area contributed by atoms with E-state index in [4.69, 9.17) is 25.8 Å². The minimum atomic E-state index is -0.596. The molecule has 0 radical (unpaired) electrons. The second kappa shape index (κ2) is 11.8. The third-order valence-electron chi connectivity index (χ3n) is 4.11. The average molecular weight is 394 g/mol. The van der Waals surface area contributed by atoms with Gasteiger partial charge in [0, 0.05) is 38.4 Å². The first-order valence-electron chi connectivity index (χ1n) is 9.01. The summed E-state index contributed by atoms with van der Waals surface area (Å²) in [5.41, 5.74) is 1.17. The molecule has 27 heavy (non-hydrogen) atoms. The largest absolute Gasteiger partial charge is 0.497 e. The van der Waals surface area contributed by atoms with Gasteiger partial charge in [-0.25, -0.2) is 0 Å². The number of nitrogens with zero attached hydrogens (tertiary/aromatic N) is 1. The highest BCUT2D eigenvalue weighted by Gasteiger charge is 2.13. The molecule has 0 aromatic heterocycles. The van der Waals surface area contributed by atoms with E-state index in [0.717, 1.165) is 25.3 Å². The minimum Gasteiger partial charge on any atom is -0.497 e. The van der Waals surface area contributed by atoms with Crippen LogP contribution in [0.3, 0.4) is 0 Å². The summed E-state index contributed by atoms with van der Waals surface area (Å²) in [5, 5.41) is 11.1. The monoisotopic (exact) mass is 393 g/mol. The maximum atomic E-state index is 10.4. The second-order valence-corrected chi connectivity index (χ2v) is 6.78. The lowest BCUT2D eigenvalue weighted by Crippen LogP contribution is -2.36. The van der Waals surface area contributed by atoms with Gasteiger partial charge in [0.05, 0.1) is 7.11 Å². The second-order valence-electron chi connectivity index (χ2n) is 6.35. The van der Waals surface area contributed by atoms with Crippen molar-refractivity contribution in [1.82, 2.24) is 4.90 Å². The summed E-state index contributed by atoms with van der Waals surface area (Å²) in [6, 6.07) is 15.1. The van der Waals surface area contributed by atoms with Gasteiger partial charge in [-0.05, 0) is 48.4 Å². The van der Waals surface area contributed by atoms with Crippen molar-refractivity contribution in [3.05, 3.63) is 59.1 Å². The van der Waals surface area contributed by atoms with Crippen molar-refractivity contribution < 1.29 is 19.3 Å². The zero-order valence-corrected chi connectivity index (χ0v) is 16.7. The van der Waals surface area contributed by atoms with E-state index in [0.29, 0.717) is 23.9 Å². The third kappa shape index (κ3) is 8.18. The summed E-state index contributed by atoms with van der Waals surface area (Å²) in [7, 11) is 3.35. The molecule has 1 atom stereocenters. The van der Waals surface area contributed by atoms with Gasteiger partial charge < -0.3 is 19.3 Å². The average Bonchev–Trinajstić information content (AvgIpc) is 2.68. The number of hydrogen-bond acceptors (Lipinski definition) is 5. The summed E-state index contributed by atoms with van der Waals surface area (Å²) in [5.74, 6) is 1.53. The fourth-order valence-corrected chi connectivity index (χ4v) is 2.86. The molecular formula is C21H28ClNO4. The van der Waals surface area contributed by atoms with E-state index in [1.165, 1.54) is 5.56 Å². The maximum absolute atomic E-state index is 10.4. The standard InChI is InChI=1S/C21H28ClNO4/c1-25-13-3-12-23(14-17-4-8-20(26-2)9-5-17)15-19(24)16-27-21-10-6-18(22)7-11-21/h4-11,19,24H,3,12-16H2,1-2H3/t19-/m1/s1. The molecule has 0 aliphatic heterocycles. The first-order chi connectivity index (χ1) is 13.1. The molecule has 0 amide bonds. The van der Waals surface area contributed by atoms with Crippen LogP contribution in [-0.4, -0.2) is 56.6 Å². The Labute approximate surface area is 166 Å². The van der Waals surface area contributed by atoms with Crippen molar-refractivity contribution in [1.29, 1.82) is 0 Å². The Morgan fingerprint density at radius 3 is 2.30 bits per heavy atom. The summed E-state index contributed by atoms with van der Waals surface area (Å²) < 4.78 is 16.0. The predicted molar refractivity (Wildman–Crippen MR) is 108 cm³/mol. The number of aliphatic hydroxyl groups is 1. The van der Waals surface area contributed by atoms with Crippen molar-refractivity contribution in [2.75, 3.05) is 40.5 Å². The number of halogens is 1. The number of methoxy groups -OCH3 is 2. The molecular weight excluding hydrogens is 366 g/mol. The van der Waals surface area contributed by atoms with Gasteiger partial charge in [0.1, 0.15) is 24.2 Å².